The Hall–Kier alpha value is -1.46. The van der Waals surface area contributed by atoms with Crippen LogP contribution in [0.2, 0.25) is 0 Å². The Kier molecular flexibility index (Phi) is 3.62. The van der Waals surface area contributed by atoms with E-state index in [9.17, 15) is 4.79 Å². The molecule has 3 aromatic rings. The van der Waals surface area contributed by atoms with Crippen LogP contribution in [0.3, 0.4) is 0 Å². The Bertz CT molecular complexity index is 834. The average Bonchev–Trinajstić information content (AvgIpc) is 3.03. The normalized spacial score (nSPS) is 14.6. The van der Waals surface area contributed by atoms with Crippen LogP contribution in [0.25, 0.3) is 10.9 Å². The largest absolute Gasteiger partial charge is 0.346 e. The molecular weight excluding hydrogens is 360 g/mol. The van der Waals surface area contributed by atoms with Gasteiger partial charge in [0.25, 0.3) is 0 Å². The first-order valence-corrected chi connectivity index (χ1v) is 9.08. The van der Waals surface area contributed by atoms with Crippen LogP contribution in [0.5, 0.6) is 0 Å². The minimum absolute atomic E-state index is 0.150. The van der Waals surface area contributed by atoms with Crippen molar-refractivity contribution < 1.29 is 4.79 Å². The minimum Gasteiger partial charge on any atom is -0.346 e. The monoisotopic (exact) mass is 374 g/mol. The first-order valence-electron chi connectivity index (χ1n) is 7.40. The number of fused-ring (bicyclic) bond motifs is 1. The molecule has 0 radical (unpaired) electrons. The molecule has 5 heteroatoms. The van der Waals surface area contributed by atoms with Gasteiger partial charge < -0.3 is 4.57 Å². The predicted molar refractivity (Wildman–Crippen MR) is 92.5 cm³/mol. The Labute approximate surface area is 141 Å². The Morgan fingerprint density at radius 2 is 2.27 bits per heavy atom. The number of rotatable bonds is 5. The lowest BCUT2D eigenvalue weighted by atomic mass is 10.1. The molecular formula is C17H15BrN2OS. The number of Topliss-reactive ketones (excluding diaryl/α,β-unsaturated/α-hetero) is 1. The summed E-state index contributed by atoms with van der Waals surface area (Å²) in [6.45, 7) is 1.01. The van der Waals surface area contributed by atoms with E-state index in [1.165, 1.54) is 24.2 Å². The Balaban J connectivity index is 1.74. The molecule has 1 fully saturated rings. The topological polar surface area (TPSA) is 34.9 Å². The summed E-state index contributed by atoms with van der Waals surface area (Å²) in [5.74, 6) is 0.924. The quantitative estimate of drug-likeness (QED) is 0.606. The van der Waals surface area contributed by atoms with Gasteiger partial charge in [-0.1, -0.05) is 22.0 Å². The van der Waals surface area contributed by atoms with Crippen LogP contribution in [0.15, 0.2) is 40.4 Å². The molecule has 2 heterocycles. The molecule has 0 saturated heterocycles. The van der Waals surface area contributed by atoms with Crippen molar-refractivity contribution in [3.05, 3.63) is 51.0 Å². The van der Waals surface area contributed by atoms with E-state index in [4.69, 9.17) is 0 Å². The average molecular weight is 375 g/mol. The molecule has 112 valence electrons. The number of nitrogens with zero attached hydrogens (tertiary/aromatic N) is 2. The van der Waals surface area contributed by atoms with Crippen molar-refractivity contribution in [3.8, 4) is 0 Å². The van der Waals surface area contributed by atoms with Crippen molar-refractivity contribution in [2.24, 2.45) is 5.92 Å². The van der Waals surface area contributed by atoms with Gasteiger partial charge in [-0.3, -0.25) is 4.79 Å². The fourth-order valence-corrected chi connectivity index (χ4v) is 3.75. The number of carbonyl (C=O) groups is 1. The Morgan fingerprint density at radius 1 is 1.41 bits per heavy atom. The molecule has 0 atom stereocenters. The molecule has 0 N–H and O–H groups in total. The number of aromatic nitrogens is 2. The Morgan fingerprint density at radius 3 is 3.00 bits per heavy atom. The molecule has 1 saturated carbocycles. The second kappa shape index (κ2) is 5.63. The van der Waals surface area contributed by atoms with Gasteiger partial charge in [0.1, 0.15) is 5.01 Å². The van der Waals surface area contributed by atoms with Crippen LogP contribution in [0.1, 0.15) is 28.2 Å². The van der Waals surface area contributed by atoms with E-state index in [0.29, 0.717) is 6.42 Å². The van der Waals surface area contributed by atoms with Gasteiger partial charge in [0, 0.05) is 45.3 Å². The van der Waals surface area contributed by atoms with E-state index >= 15 is 0 Å². The molecule has 3 nitrogen and oxygen atoms in total. The van der Waals surface area contributed by atoms with Crippen molar-refractivity contribution in [3.63, 3.8) is 0 Å². The summed E-state index contributed by atoms with van der Waals surface area (Å²) in [5, 5.41) is 3.84. The smallest absolute Gasteiger partial charge is 0.171 e. The fraction of sp³-hybridized carbons (Fsp3) is 0.294. The fourth-order valence-electron chi connectivity index (χ4n) is 2.79. The molecule has 0 amide bonds. The van der Waals surface area contributed by atoms with Crippen LogP contribution < -0.4 is 0 Å². The zero-order valence-electron chi connectivity index (χ0n) is 12.0. The van der Waals surface area contributed by atoms with E-state index in [1.54, 1.807) is 6.20 Å². The van der Waals surface area contributed by atoms with Gasteiger partial charge in [0.15, 0.2) is 5.78 Å². The van der Waals surface area contributed by atoms with Crippen molar-refractivity contribution >= 4 is 44.0 Å². The number of thiazole rings is 1. The maximum absolute atomic E-state index is 12.7. The molecule has 0 spiro atoms. The molecule has 1 aromatic carbocycles. The second-order valence-electron chi connectivity index (χ2n) is 5.83. The predicted octanol–water partition coefficient (Wildman–Crippen LogP) is 4.70. The highest BCUT2D eigenvalue weighted by molar-refractivity contribution is 9.10. The molecule has 1 aliphatic rings. The van der Waals surface area contributed by atoms with Crippen molar-refractivity contribution in [1.29, 1.82) is 0 Å². The highest BCUT2D eigenvalue weighted by Gasteiger charge is 2.24. The first-order chi connectivity index (χ1) is 10.7. The van der Waals surface area contributed by atoms with Gasteiger partial charge in [0.2, 0.25) is 0 Å². The lowest BCUT2D eigenvalue weighted by Gasteiger charge is -2.03. The number of hydrogen-bond acceptors (Lipinski definition) is 3. The number of carbonyl (C=O) groups excluding carboxylic acids is 1. The maximum Gasteiger partial charge on any atom is 0.171 e. The number of ketones is 1. The summed E-state index contributed by atoms with van der Waals surface area (Å²) in [7, 11) is 0. The summed E-state index contributed by atoms with van der Waals surface area (Å²) in [6.07, 6.45) is 6.77. The third-order valence-electron chi connectivity index (χ3n) is 4.09. The molecule has 0 unspecified atom stereocenters. The standard InChI is InChI=1S/C17H15BrN2OS/c18-12-3-4-13-14(16(21)8-17-19-5-6-22-17)10-20(15(13)7-12)9-11-1-2-11/h3-7,10-11H,1-2,8-9H2. The third-order valence-corrected chi connectivity index (χ3v) is 5.36. The van der Waals surface area contributed by atoms with E-state index in [1.807, 2.05) is 23.7 Å². The van der Waals surface area contributed by atoms with Gasteiger partial charge in [-0.05, 0) is 30.9 Å². The van der Waals surface area contributed by atoms with Gasteiger partial charge in [-0.15, -0.1) is 11.3 Å². The molecule has 4 rings (SSSR count). The first kappa shape index (κ1) is 14.2. The van der Waals surface area contributed by atoms with E-state index < -0.39 is 0 Å². The lowest BCUT2D eigenvalue weighted by Crippen LogP contribution is -2.03. The van der Waals surface area contributed by atoms with Gasteiger partial charge >= 0.3 is 0 Å². The lowest BCUT2D eigenvalue weighted by molar-refractivity contribution is 0.0994. The summed E-state index contributed by atoms with van der Waals surface area (Å²) in [4.78, 5) is 16.9. The molecule has 2 aromatic heterocycles. The minimum atomic E-state index is 0.150. The summed E-state index contributed by atoms with van der Waals surface area (Å²) in [6, 6.07) is 6.15. The number of hydrogen-bond donors (Lipinski definition) is 0. The second-order valence-corrected chi connectivity index (χ2v) is 7.72. The van der Waals surface area contributed by atoms with Gasteiger partial charge in [-0.2, -0.15) is 0 Å². The SMILES string of the molecule is O=C(Cc1nccs1)c1cn(CC2CC2)c2cc(Br)ccc12. The maximum atomic E-state index is 12.7. The molecule has 22 heavy (non-hydrogen) atoms. The summed E-state index contributed by atoms with van der Waals surface area (Å²) < 4.78 is 3.29. The zero-order chi connectivity index (χ0) is 15.1. The summed E-state index contributed by atoms with van der Waals surface area (Å²) >= 11 is 5.07. The molecule has 1 aliphatic carbocycles. The van der Waals surface area contributed by atoms with E-state index in [0.717, 1.165) is 38.4 Å². The van der Waals surface area contributed by atoms with Crippen molar-refractivity contribution in [2.45, 2.75) is 25.8 Å². The highest BCUT2D eigenvalue weighted by atomic mass is 79.9. The molecule has 0 bridgehead atoms. The summed E-state index contributed by atoms with van der Waals surface area (Å²) in [5.41, 5.74) is 1.96. The van der Waals surface area contributed by atoms with Crippen LogP contribution >= 0.6 is 27.3 Å². The highest BCUT2D eigenvalue weighted by Crippen LogP contribution is 2.34. The van der Waals surface area contributed by atoms with Crippen molar-refractivity contribution in [1.82, 2.24) is 9.55 Å². The zero-order valence-corrected chi connectivity index (χ0v) is 14.4. The third kappa shape index (κ3) is 2.75. The van der Waals surface area contributed by atoms with Crippen LogP contribution in [-0.2, 0) is 13.0 Å². The van der Waals surface area contributed by atoms with Crippen LogP contribution in [0, 0.1) is 5.92 Å². The number of halogens is 1. The van der Waals surface area contributed by atoms with E-state index in [-0.39, 0.29) is 5.78 Å². The molecule has 0 aliphatic heterocycles. The van der Waals surface area contributed by atoms with Gasteiger partial charge in [0.05, 0.1) is 6.42 Å². The van der Waals surface area contributed by atoms with Crippen LogP contribution in [0.4, 0.5) is 0 Å². The van der Waals surface area contributed by atoms with Crippen molar-refractivity contribution in [2.75, 3.05) is 0 Å². The number of benzene rings is 1. The van der Waals surface area contributed by atoms with Gasteiger partial charge in [-0.25, -0.2) is 4.98 Å². The van der Waals surface area contributed by atoms with Crippen LogP contribution in [-0.4, -0.2) is 15.3 Å². The van der Waals surface area contributed by atoms with E-state index in [2.05, 4.69) is 31.5 Å².